The van der Waals surface area contributed by atoms with Crippen LogP contribution in [0.2, 0.25) is 0 Å². The molecule has 0 unspecified atom stereocenters. The largest absolute Gasteiger partial charge is 0.0985 e. The second-order valence-electron chi connectivity index (χ2n) is 3.22. The van der Waals surface area contributed by atoms with Crippen molar-refractivity contribution in [1.82, 2.24) is 0 Å². The number of hydrogen-bond donors (Lipinski definition) is 0. The molecule has 0 spiro atoms. The lowest BCUT2D eigenvalue weighted by atomic mass is 10.0. The summed E-state index contributed by atoms with van der Waals surface area (Å²) in [4.78, 5) is 0. The van der Waals surface area contributed by atoms with Gasteiger partial charge in [-0.1, -0.05) is 65.0 Å². The van der Waals surface area contributed by atoms with Crippen molar-refractivity contribution in [2.75, 3.05) is 0 Å². The van der Waals surface area contributed by atoms with Crippen molar-refractivity contribution >= 4 is 6.08 Å². The van der Waals surface area contributed by atoms with E-state index in [1.54, 1.807) is 0 Å². The Hall–Kier alpha value is -1.04. The van der Waals surface area contributed by atoms with E-state index in [1.165, 1.54) is 23.1 Å². The second kappa shape index (κ2) is 11.0. The summed E-state index contributed by atoms with van der Waals surface area (Å²) < 4.78 is 0. The number of benzene rings is 1. The predicted molar refractivity (Wildman–Crippen MR) is 73.3 cm³/mol. The van der Waals surface area contributed by atoms with Crippen LogP contribution in [0.3, 0.4) is 0 Å². The van der Waals surface area contributed by atoms with E-state index in [0.717, 1.165) is 0 Å². The van der Waals surface area contributed by atoms with Crippen molar-refractivity contribution in [3.05, 3.63) is 41.5 Å². The topological polar surface area (TPSA) is 0 Å². The maximum Gasteiger partial charge on any atom is -0.0204 e. The Morgan fingerprint density at radius 1 is 1.07 bits per heavy atom. The lowest BCUT2D eigenvalue weighted by Crippen LogP contribution is -1.83. The fraction of sp³-hybridized carbons (Fsp3) is 0.467. The molecule has 86 valence electrons. The molecule has 0 aliphatic heterocycles. The van der Waals surface area contributed by atoms with Gasteiger partial charge in [-0.25, -0.2) is 0 Å². The standard InChI is InChI=1S/C10H12.C3H8.C2H6/c1-4-10-8(2)6-5-7-9(10)3;1-3-2;1-2/h4-7H,1H2,2-3H3;3H2,1-2H3;1-2H3. The van der Waals surface area contributed by atoms with Gasteiger partial charge in [0.2, 0.25) is 0 Å². The molecule has 1 rings (SSSR count). The molecule has 0 amide bonds. The molecule has 0 fully saturated rings. The fourth-order valence-electron chi connectivity index (χ4n) is 1.15. The van der Waals surface area contributed by atoms with E-state index in [-0.39, 0.29) is 0 Å². The summed E-state index contributed by atoms with van der Waals surface area (Å²) >= 11 is 0. The molecule has 0 aliphatic carbocycles. The molecule has 0 atom stereocenters. The van der Waals surface area contributed by atoms with Gasteiger partial charge in [-0.2, -0.15) is 0 Å². The molecule has 0 saturated heterocycles. The highest BCUT2D eigenvalue weighted by atomic mass is 14.0. The van der Waals surface area contributed by atoms with Crippen molar-refractivity contribution < 1.29 is 0 Å². The summed E-state index contributed by atoms with van der Waals surface area (Å²) in [6.45, 7) is 16.2. The van der Waals surface area contributed by atoms with E-state index >= 15 is 0 Å². The van der Waals surface area contributed by atoms with Crippen LogP contribution in [0.25, 0.3) is 6.08 Å². The van der Waals surface area contributed by atoms with Crippen LogP contribution in [0, 0.1) is 13.8 Å². The third-order valence-electron chi connectivity index (χ3n) is 1.75. The maximum absolute atomic E-state index is 3.75. The first-order valence-electron chi connectivity index (χ1n) is 5.86. The molecular weight excluding hydrogens is 180 g/mol. The summed E-state index contributed by atoms with van der Waals surface area (Å²) in [7, 11) is 0. The zero-order chi connectivity index (χ0) is 12.3. The van der Waals surface area contributed by atoms with E-state index in [9.17, 15) is 0 Å². The smallest absolute Gasteiger partial charge is 0.0204 e. The molecule has 0 N–H and O–H groups in total. The first kappa shape index (κ1) is 16.4. The second-order valence-corrected chi connectivity index (χ2v) is 3.22. The van der Waals surface area contributed by atoms with Gasteiger partial charge in [0.15, 0.2) is 0 Å². The number of hydrogen-bond acceptors (Lipinski definition) is 0. The molecule has 0 saturated carbocycles. The fourth-order valence-corrected chi connectivity index (χ4v) is 1.15. The van der Waals surface area contributed by atoms with E-state index in [1.807, 2.05) is 19.9 Å². The molecule has 0 aromatic heterocycles. The van der Waals surface area contributed by atoms with Crippen LogP contribution >= 0.6 is 0 Å². The monoisotopic (exact) mass is 206 g/mol. The van der Waals surface area contributed by atoms with Crippen molar-refractivity contribution in [3.8, 4) is 0 Å². The highest BCUT2D eigenvalue weighted by Crippen LogP contribution is 2.13. The van der Waals surface area contributed by atoms with Crippen molar-refractivity contribution in [1.29, 1.82) is 0 Å². The third kappa shape index (κ3) is 6.96. The van der Waals surface area contributed by atoms with Crippen LogP contribution < -0.4 is 0 Å². The molecule has 0 radical (unpaired) electrons. The van der Waals surface area contributed by atoms with E-state index in [0.29, 0.717) is 0 Å². The van der Waals surface area contributed by atoms with Crippen molar-refractivity contribution in [2.45, 2.75) is 48.0 Å². The van der Waals surface area contributed by atoms with Crippen molar-refractivity contribution in [2.24, 2.45) is 0 Å². The molecule has 0 heterocycles. The minimum atomic E-state index is 1.25. The lowest BCUT2D eigenvalue weighted by Gasteiger charge is -2.02. The predicted octanol–water partition coefficient (Wildman–Crippen LogP) is 5.39. The van der Waals surface area contributed by atoms with Gasteiger partial charge in [0, 0.05) is 0 Å². The van der Waals surface area contributed by atoms with Gasteiger partial charge >= 0.3 is 0 Å². The quantitative estimate of drug-likeness (QED) is 0.578. The molecule has 1 aromatic carbocycles. The first-order valence-corrected chi connectivity index (χ1v) is 5.86. The maximum atomic E-state index is 3.75. The molecule has 0 bridgehead atoms. The Labute approximate surface area is 96.0 Å². The Balaban J connectivity index is 0. The van der Waals surface area contributed by atoms with Gasteiger partial charge in [-0.3, -0.25) is 0 Å². The van der Waals surface area contributed by atoms with Gasteiger partial charge in [0.25, 0.3) is 0 Å². The summed E-state index contributed by atoms with van der Waals surface area (Å²) in [5, 5.41) is 0. The third-order valence-corrected chi connectivity index (χ3v) is 1.75. The van der Waals surface area contributed by atoms with Crippen LogP contribution in [0.5, 0.6) is 0 Å². The van der Waals surface area contributed by atoms with Crippen LogP contribution in [-0.2, 0) is 0 Å². The highest BCUT2D eigenvalue weighted by molar-refractivity contribution is 5.55. The van der Waals surface area contributed by atoms with Gasteiger partial charge in [0.05, 0.1) is 0 Å². The normalized spacial score (nSPS) is 7.87. The lowest BCUT2D eigenvalue weighted by molar-refractivity contribution is 1.09. The Kier molecular flexibility index (Phi) is 12.1. The molecule has 1 aromatic rings. The van der Waals surface area contributed by atoms with E-state index in [2.05, 4.69) is 52.5 Å². The molecule has 15 heavy (non-hydrogen) atoms. The molecule has 0 aliphatic rings. The van der Waals surface area contributed by atoms with Gasteiger partial charge < -0.3 is 0 Å². The van der Waals surface area contributed by atoms with E-state index < -0.39 is 0 Å². The first-order chi connectivity index (χ1) is 7.17. The number of rotatable bonds is 1. The number of aryl methyl sites for hydroxylation is 2. The zero-order valence-electron chi connectivity index (χ0n) is 11.2. The summed E-state index contributed by atoms with van der Waals surface area (Å²) in [6, 6.07) is 6.27. The molecule has 0 nitrogen and oxygen atoms in total. The molecular formula is C15H26. The minimum absolute atomic E-state index is 1.25. The van der Waals surface area contributed by atoms with Crippen LogP contribution in [0.4, 0.5) is 0 Å². The van der Waals surface area contributed by atoms with E-state index in [4.69, 9.17) is 0 Å². The summed E-state index contributed by atoms with van der Waals surface area (Å²) in [5.41, 5.74) is 3.87. The zero-order valence-corrected chi connectivity index (χ0v) is 11.2. The summed E-state index contributed by atoms with van der Waals surface area (Å²) in [5.74, 6) is 0. The molecule has 0 heteroatoms. The average molecular weight is 206 g/mol. The average Bonchev–Trinajstić information content (AvgIpc) is 2.22. The Morgan fingerprint density at radius 3 is 1.60 bits per heavy atom. The van der Waals surface area contributed by atoms with Crippen LogP contribution in [0.15, 0.2) is 24.8 Å². The SMILES string of the molecule is C=Cc1c(C)cccc1C.CC.CCC. The van der Waals surface area contributed by atoms with Crippen LogP contribution in [0.1, 0.15) is 50.8 Å². The van der Waals surface area contributed by atoms with Gasteiger partial charge in [0.1, 0.15) is 0 Å². The highest BCUT2D eigenvalue weighted by Gasteiger charge is 1.94. The van der Waals surface area contributed by atoms with Gasteiger partial charge in [-0.15, -0.1) is 0 Å². The van der Waals surface area contributed by atoms with Gasteiger partial charge in [-0.05, 0) is 30.5 Å². The van der Waals surface area contributed by atoms with Crippen molar-refractivity contribution in [3.63, 3.8) is 0 Å². The Bertz CT molecular complexity index is 238. The Morgan fingerprint density at radius 2 is 1.40 bits per heavy atom. The minimum Gasteiger partial charge on any atom is -0.0985 e. The summed E-state index contributed by atoms with van der Waals surface area (Å²) in [6.07, 6.45) is 3.16. The van der Waals surface area contributed by atoms with Crippen LogP contribution in [-0.4, -0.2) is 0 Å².